The molecular weight excluding hydrogens is 336 g/mol. The van der Waals surface area contributed by atoms with E-state index in [-0.39, 0.29) is 31.0 Å². The first-order chi connectivity index (χ1) is 12.4. The number of carbonyl (C=O) groups is 1. The molecule has 1 saturated heterocycles. The van der Waals surface area contributed by atoms with Crippen LogP contribution in [0.25, 0.3) is 0 Å². The lowest BCUT2D eigenvalue weighted by Crippen LogP contribution is -2.39. The first-order valence-corrected chi connectivity index (χ1v) is 8.79. The van der Waals surface area contributed by atoms with Gasteiger partial charge in [0.25, 0.3) is 0 Å². The highest BCUT2D eigenvalue weighted by Gasteiger charge is 2.55. The Balaban J connectivity index is 2.81. The zero-order chi connectivity index (χ0) is 19.6. The van der Waals surface area contributed by atoms with E-state index in [2.05, 4.69) is 17.4 Å². The first kappa shape index (κ1) is 22.6. The Morgan fingerprint density at radius 1 is 1.31 bits per heavy atom. The Labute approximate surface area is 156 Å². The third kappa shape index (κ3) is 6.68. The predicted octanol–water partition coefficient (Wildman–Crippen LogP) is 3.04. The van der Waals surface area contributed by atoms with E-state index < -0.39 is 11.6 Å². The Kier molecular flexibility index (Phi) is 9.80. The molecule has 0 bridgehead atoms. The number of hydrogen-bond donors (Lipinski definition) is 0. The molecule has 0 amide bonds. The summed E-state index contributed by atoms with van der Waals surface area (Å²) in [5, 5.41) is 0. The number of carbonyl (C=O) groups excluding carboxylic acids is 1. The molecule has 0 unspecified atom stereocenters. The molecule has 1 aliphatic heterocycles. The van der Waals surface area contributed by atoms with Crippen LogP contribution in [-0.2, 0) is 28.5 Å². The van der Waals surface area contributed by atoms with Crippen LogP contribution in [0.4, 0.5) is 0 Å². The van der Waals surface area contributed by atoms with Crippen molar-refractivity contribution in [2.45, 2.75) is 50.6 Å². The molecule has 5 atom stereocenters. The number of unbranched alkanes of at least 4 members (excludes halogenated alkanes) is 1. The van der Waals surface area contributed by atoms with E-state index in [4.69, 9.17) is 18.9 Å². The van der Waals surface area contributed by atoms with E-state index in [1.807, 2.05) is 26.0 Å². The van der Waals surface area contributed by atoms with Gasteiger partial charge in [0.15, 0.2) is 0 Å². The number of ether oxygens (including phenoxy) is 5. The molecule has 0 spiro atoms. The highest BCUT2D eigenvalue weighted by Crippen LogP contribution is 2.44. The average molecular weight is 368 g/mol. The van der Waals surface area contributed by atoms with Crippen LogP contribution in [0.15, 0.2) is 37.0 Å². The van der Waals surface area contributed by atoms with Gasteiger partial charge in [-0.1, -0.05) is 25.2 Å². The minimum absolute atomic E-state index is 0.0199. The SMILES string of the molecule is C=CCCC=C[C@H](OC)[C@@H](OCOC)[C@H](C)[C@H]1O[C@@]1(C)C=CC(=O)OC. The maximum Gasteiger partial charge on any atom is 0.330 e. The Hall–Kier alpha value is -1.47. The fourth-order valence-corrected chi connectivity index (χ4v) is 2.94. The van der Waals surface area contributed by atoms with Crippen LogP contribution in [0.2, 0.25) is 0 Å². The summed E-state index contributed by atoms with van der Waals surface area (Å²) in [4.78, 5) is 11.3. The van der Waals surface area contributed by atoms with Gasteiger partial charge in [-0.05, 0) is 25.8 Å². The van der Waals surface area contributed by atoms with Crippen LogP contribution in [0.5, 0.6) is 0 Å². The summed E-state index contributed by atoms with van der Waals surface area (Å²) in [6, 6.07) is 0. The summed E-state index contributed by atoms with van der Waals surface area (Å²) in [6.45, 7) is 7.87. The van der Waals surface area contributed by atoms with Crippen LogP contribution in [0.1, 0.15) is 26.7 Å². The van der Waals surface area contributed by atoms with Gasteiger partial charge in [-0.15, -0.1) is 6.58 Å². The maximum atomic E-state index is 11.3. The lowest BCUT2D eigenvalue weighted by atomic mass is 9.89. The molecule has 1 aliphatic rings. The van der Waals surface area contributed by atoms with Gasteiger partial charge in [0.2, 0.25) is 0 Å². The molecule has 26 heavy (non-hydrogen) atoms. The third-order valence-corrected chi connectivity index (χ3v) is 4.47. The maximum absolute atomic E-state index is 11.3. The molecular formula is C20H32O6. The zero-order valence-electron chi connectivity index (χ0n) is 16.5. The second kappa shape index (κ2) is 11.3. The van der Waals surface area contributed by atoms with Crippen LogP contribution < -0.4 is 0 Å². The van der Waals surface area contributed by atoms with E-state index in [1.165, 1.54) is 13.2 Å². The molecule has 0 aromatic rings. The van der Waals surface area contributed by atoms with E-state index in [0.717, 1.165) is 12.8 Å². The number of rotatable bonds is 13. The normalized spacial score (nSPS) is 26.0. The van der Waals surface area contributed by atoms with Crippen molar-refractivity contribution < 1.29 is 28.5 Å². The topological polar surface area (TPSA) is 66.5 Å². The summed E-state index contributed by atoms with van der Waals surface area (Å²) in [5.74, 6) is -0.383. The van der Waals surface area contributed by atoms with Gasteiger partial charge in [-0.25, -0.2) is 4.79 Å². The monoisotopic (exact) mass is 368 g/mol. The van der Waals surface area contributed by atoms with Crippen molar-refractivity contribution >= 4 is 5.97 Å². The van der Waals surface area contributed by atoms with Gasteiger partial charge in [-0.3, -0.25) is 0 Å². The van der Waals surface area contributed by atoms with Gasteiger partial charge in [0.1, 0.15) is 18.5 Å². The molecule has 0 aliphatic carbocycles. The molecule has 6 heteroatoms. The molecule has 0 radical (unpaired) electrons. The van der Waals surface area contributed by atoms with Crippen molar-refractivity contribution in [3.05, 3.63) is 37.0 Å². The Bertz CT molecular complexity index is 501. The lowest BCUT2D eigenvalue weighted by molar-refractivity contribution is -0.134. The smallest absolute Gasteiger partial charge is 0.330 e. The quantitative estimate of drug-likeness (QED) is 0.124. The lowest BCUT2D eigenvalue weighted by Gasteiger charge is -2.28. The Morgan fingerprint density at radius 3 is 2.62 bits per heavy atom. The standard InChI is InChI=1S/C20H32O6/c1-7-8-9-10-11-16(23-5)18(25-14-22-4)15(2)19-20(3,26-19)13-12-17(21)24-6/h7,10-13,15-16,18-19H,1,8-9,14H2,2-6H3/t15-,16-,18-,19+,20-/m0/s1. The molecule has 1 fully saturated rings. The fourth-order valence-electron chi connectivity index (χ4n) is 2.94. The summed E-state index contributed by atoms with van der Waals surface area (Å²) in [5.41, 5.74) is -0.521. The second-order valence-corrected chi connectivity index (χ2v) is 6.47. The molecule has 1 rings (SSSR count). The van der Waals surface area contributed by atoms with Crippen molar-refractivity contribution in [1.82, 2.24) is 0 Å². The summed E-state index contributed by atoms with van der Waals surface area (Å²) < 4.78 is 27.1. The fraction of sp³-hybridized carbons (Fsp3) is 0.650. The molecule has 0 aromatic heterocycles. The molecule has 0 saturated carbocycles. The van der Waals surface area contributed by atoms with E-state index in [9.17, 15) is 4.79 Å². The minimum Gasteiger partial charge on any atom is -0.466 e. The number of epoxide rings is 1. The van der Waals surface area contributed by atoms with Crippen molar-refractivity contribution in [1.29, 1.82) is 0 Å². The number of methoxy groups -OCH3 is 3. The van der Waals surface area contributed by atoms with Crippen molar-refractivity contribution in [2.75, 3.05) is 28.1 Å². The van der Waals surface area contributed by atoms with Gasteiger partial charge in [0.05, 0.1) is 19.3 Å². The van der Waals surface area contributed by atoms with Crippen molar-refractivity contribution in [3.8, 4) is 0 Å². The first-order valence-electron chi connectivity index (χ1n) is 8.79. The van der Waals surface area contributed by atoms with Crippen LogP contribution in [0, 0.1) is 5.92 Å². The Morgan fingerprint density at radius 2 is 2.04 bits per heavy atom. The van der Waals surface area contributed by atoms with Crippen molar-refractivity contribution in [3.63, 3.8) is 0 Å². The molecule has 6 nitrogen and oxygen atoms in total. The summed E-state index contributed by atoms with van der Waals surface area (Å²) >= 11 is 0. The van der Waals surface area contributed by atoms with Crippen molar-refractivity contribution in [2.24, 2.45) is 5.92 Å². The molecule has 0 N–H and O–H groups in total. The third-order valence-electron chi connectivity index (χ3n) is 4.47. The highest BCUT2D eigenvalue weighted by molar-refractivity contribution is 5.82. The van der Waals surface area contributed by atoms with Gasteiger partial charge >= 0.3 is 5.97 Å². The summed E-state index contributed by atoms with van der Waals surface area (Å²) in [7, 11) is 4.59. The van der Waals surface area contributed by atoms with Crippen LogP contribution in [-0.4, -0.2) is 58.0 Å². The molecule has 0 aromatic carbocycles. The van der Waals surface area contributed by atoms with Crippen LogP contribution in [0.3, 0.4) is 0 Å². The molecule has 148 valence electrons. The number of hydrogen-bond acceptors (Lipinski definition) is 6. The number of esters is 1. The van der Waals surface area contributed by atoms with E-state index in [1.54, 1.807) is 20.3 Å². The van der Waals surface area contributed by atoms with Gasteiger partial charge in [-0.2, -0.15) is 0 Å². The largest absolute Gasteiger partial charge is 0.466 e. The predicted molar refractivity (Wildman–Crippen MR) is 99.7 cm³/mol. The number of allylic oxidation sites excluding steroid dienone is 2. The average Bonchev–Trinajstić information content (AvgIpc) is 3.33. The van der Waals surface area contributed by atoms with E-state index in [0.29, 0.717) is 0 Å². The second-order valence-electron chi connectivity index (χ2n) is 6.47. The zero-order valence-corrected chi connectivity index (χ0v) is 16.5. The highest BCUT2D eigenvalue weighted by atomic mass is 16.7. The molecule has 1 heterocycles. The van der Waals surface area contributed by atoms with Crippen LogP contribution >= 0.6 is 0 Å². The van der Waals surface area contributed by atoms with Gasteiger partial charge < -0.3 is 23.7 Å². The summed E-state index contributed by atoms with van der Waals surface area (Å²) in [6.07, 6.45) is 10.3. The minimum atomic E-state index is -0.521. The van der Waals surface area contributed by atoms with E-state index >= 15 is 0 Å². The van der Waals surface area contributed by atoms with Gasteiger partial charge in [0, 0.05) is 26.2 Å².